The standard InChI is InChI=1S/C15H25N3O/c1-18-9-6-13(7-10-18)5-8-16-11-14-3-4-15(19-2)17-12-14/h3-4,12-13,16H,5-11H2,1-2H3. The molecule has 2 heterocycles. The van der Waals surface area contributed by atoms with Crippen molar-refractivity contribution in [1.82, 2.24) is 15.2 Å². The minimum absolute atomic E-state index is 0.676. The smallest absolute Gasteiger partial charge is 0.212 e. The first-order valence-electron chi connectivity index (χ1n) is 7.16. The van der Waals surface area contributed by atoms with Crippen molar-refractivity contribution in [3.63, 3.8) is 0 Å². The van der Waals surface area contributed by atoms with E-state index < -0.39 is 0 Å². The molecule has 0 bridgehead atoms. The van der Waals surface area contributed by atoms with Crippen molar-refractivity contribution in [3.8, 4) is 5.88 Å². The van der Waals surface area contributed by atoms with E-state index in [0.29, 0.717) is 5.88 Å². The van der Waals surface area contributed by atoms with Crippen LogP contribution in [0.1, 0.15) is 24.8 Å². The minimum Gasteiger partial charge on any atom is -0.481 e. The lowest BCUT2D eigenvalue weighted by molar-refractivity contribution is 0.211. The van der Waals surface area contributed by atoms with Crippen molar-refractivity contribution in [2.45, 2.75) is 25.8 Å². The molecule has 4 heteroatoms. The van der Waals surface area contributed by atoms with E-state index in [1.807, 2.05) is 12.3 Å². The number of likely N-dealkylation sites (tertiary alicyclic amines) is 1. The molecule has 0 radical (unpaired) electrons. The van der Waals surface area contributed by atoms with Crippen molar-refractivity contribution < 1.29 is 4.74 Å². The van der Waals surface area contributed by atoms with Gasteiger partial charge in [0, 0.05) is 18.8 Å². The van der Waals surface area contributed by atoms with Gasteiger partial charge >= 0.3 is 0 Å². The van der Waals surface area contributed by atoms with Gasteiger partial charge in [0.1, 0.15) is 0 Å². The number of methoxy groups -OCH3 is 1. The molecular formula is C15H25N3O. The minimum atomic E-state index is 0.676. The van der Waals surface area contributed by atoms with Crippen molar-refractivity contribution in [1.29, 1.82) is 0 Å². The Morgan fingerprint density at radius 1 is 1.37 bits per heavy atom. The number of rotatable bonds is 6. The number of nitrogens with zero attached hydrogens (tertiary/aromatic N) is 2. The first-order valence-corrected chi connectivity index (χ1v) is 7.16. The highest BCUT2D eigenvalue weighted by Crippen LogP contribution is 2.18. The third-order valence-electron chi connectivity index (χ3n) is 3.90. The van der Waals surface area contributed by atoms with Crippen molar-refractivity contribution >= 4 is 0 Å². The fourth-order valence-electron chi connectivity index (χ4n) is 2.53. The zero-order chi connectivity index (χ0) is 13.5. The van der Waals surface area contributed by atoms with Crippen LogP contribution in [0.25, 0.3) is 0 Å². The molecule has 1 aromatic rings. The summed E-state index contributed by atoms with van der Waals surface area (Å²) in [5.41, 5.74) is 1.21. The molecule has 0 amide bonds. The van der Waals surface area contributed by atoms with Crippen molar-refractivity contribution in [2.24, 2.45) is 5.92 Å². The van der Waals surface area contributed by atoms with Gasteiger partial charge in [-0.05, 0) is 57.4 Å². The zero-order valence-electron chi connectivity index (χ0n) is 12.1. The number of pyridine rings is 1. The van der Waals surface area contributed by atoms with Crippen LogP contribution < -0.4 is 10.1 Å². The maximum absolute atomic E-state index is 5.05. The molecule has 4 nitrogen and oxygen atoms in total. The Morgan fingerprint density at radius 2 is 2.16 bits per heavy atom. The summed E-state index contributed by atoms with van der Waals surface area (Å²) >= 11 is 0. The second-order valence-corrected chi connectivity index (χ2v) is 5.42. The van der Waals surface area contributed by atoms with Gasteiger partial charge in [0.25, 0.3) is 0 Å². The number of hydrogen-bond donors (Lipinski definition) is 1. The molecule has 19 heavy (non-hydrogen) atoms. The van der Waals surface area contributed by atoms with Gasteiger partial charge in [0.05, 0.1) is 7.11 Å². The van der Waals surface area contributed by atoms with Gasteiger partial charge in [-0.1, -0.05) is 6.07 Å². The van der Waals surface area contributed by atoms with Gasteiger partial charge in [0.2, 0.25) is 5.88 Å². The Hall–Kier alpha value is -1.13. The van der Waals surface area contributed by atoms with Crippen LogP contribution in [0.15, 0.2) is 18.3 Å². The maximum atomic E-state index is 5.05. The predicted octanol–water partition coefficient (Wildman–Crippen LogP) is 1.91. The van der Waals surface area contributed by atoms with Crippen molar-refractivity contribution in [3.05, 3.63) is 23.9 Å². The Kier molecular flexibility index (Phi) is 5.61. The number of hydrogen-bond acceptors (Lipinski definition) is 4. The third-order valence-corrected chi connectivity index (χ3v) is 3.90. The Balaban J connectivity index is 1.61. The topological polar surface area (TPSA) is 37.4 Å². The summed E-state index contributed by atoms with van der Waals surface area (Å²) in [4.78, 5) is 6.63. The molecule has 1 N–H and O–H groups in total. The second kappa shape index (κ2) is 7.46. The summed E-state index contributed by atoms with van der Waals surface area (Å²) < 4.78 is 5.05. The molecule has 0 atom stereocenters. The third kappa shape index (κ3) is 4.80. The van der Waals surface area contributed by atoms with Gasteiger partial charge in [-0.15, -0.1) is 0 Å². The first-order chi connectivity index (χ1) is 9.28. The van der Waals surface area contributed by atoms with Gasteiger partial charge < -0.3 is 15.0 Å². The number of nitrogens with one attached hydrogen (secondary N) is 1. The van der Waals surface area contributed by atoms with E-state index in [-0.39, 0.29) is 0 Å². The van der Waals surface area contributed by atoms with Crippen LogP contribution in [-0.2, 0) is 6.54 Å². The van der Waals surface area contributed by atoms with Gasteiger partial charge in [-0.25, -0.2) is 4.98 Å². The highest BCUT2D eigenvalue weighted by atomic mass is 16.5. The van der Waals surface area contributed by atoms with Crippen molar-refractivity contribution in [2.75, 3.05) is 33.8 Å². The molecule has 1 aromatic heterocycles. The summed E-state index contributed by atoms with van der Waals surface area (Å²) in [6.07, 6.45) is 5.86. The molecule has 106 valence electrons. The lowest BCUT2D eigenvalue weighted by Crippen LogP contribution is -2.31. The van der Waals surface area contributed by atoms with E-state index >= 15 is 0 Å². The maximum Gasteiger partial charge on any atom is 0.212 e. The average Bonchev–Trinajstić information content (AvgIpc) is 2.46. The molecule has 1 saturated heterocycles. The van der Waals surface area contributed by atoms with E-state index in [2.05, 4.69) is 28.3 Å². The van der Waals surface area contributed by atoms with Crippen LogP contribution in [0.5, 0.6) is 5.88 Å². The molecule has 0 spiro atoms. The molecule has 0 aliphatic carbocycles. The predicted molar refractivity (Wildman–Crippen MR) is 77.3 cm³/mol. The highest BCUT2D eigenvalue weighted by Gasteiger charge is 2.15. The Labute approximate surface area is 116 Å². The highest BCUT2D eigenvalue weighted by molar-refractivity contribution is 5.17. The number of aromatic nitrogens is 1. The number of ether oxygens (including phenoxy) is 1. The summed E-state index contributed by atoms with van der Waals surface area (Å²) in [7, 11) is 3.85. The monoisotopic (exact) mass is 263 g/mol. The van der Waals surface area contributed by atoms with E-state index in [1.54, 1.807) is 7.11 Å². The van der Waals surface area contributed by atoms with E-state index in [0.717, 1.165) is 19.0 Å². The molecule has 2 rings (SSSR count). The van der Waals surface area contributed by atoms with E-state index in [9.17, 15) is 0 Å². The van der Waals surface area contributed by atoms with Crippen LogP contribution in [0.2, 0.25) is 0 Å². The Bertz CT molecular complexity index is 358. The van der Waals surface area contributed by atoms with Crippen LogP contribution in [0, 0.1) is 5.92 Å². The van der Waals surface area contributed by atoms with Crippen LogP contribution in [-0.4, -0.2) is 43.7 Å². The van der Waals surface area contributed by atoms with Gasteiger partial charge in [0.15, 0.2) is 0 Å². The first kappa shape index (κ1) is 14.3. The lowest BCUT2D eigenvalue weighted by Gasteiger charge is -2.28. The van der Waals surface area contributed by atoms with Crippen LogP contribution >= 0.6 is 0 Å². The largest absolute Gasteiger partial charge is 0.481 e. The molecule has 0 unspecified atom stereocenters. The summed E-state index contributed by atoms with van der Waals surface area (Å²) in [5.74, 6) is 1.58. The SMILES string of the molecule is COc1ccc(CNCCC2CCN(C)CC2)cn1. The van der Waals surface area contributed by atoms with Crippen LogP contribution in [0.3, 0.4) is 0 Å². The van der Waals surface area contributed by atoms with Crippen LogP contribution in [0.4, 0.5) is 0 Å². The lowest BCUT2D eigenvalue weighted by atomic mass is 9.94. The Morgan fingerprint density at radius 3 is 2.79 bits per heavy atom. The van der Waals surface area contributed by atoms with Gasteiger partial charge in [-0.3, -0.25) is 0 Å². The fraction of sp³-hybridized carbons (Fsp3) is 0.667. The number of piperidine rings is 1. The molecular weight excluding hydrogens is 238 g/mol. The molecule has 1 aliphatic rings. The van der Waals surface area contributed by atoms with Gasteiger partial charge in [-0.2, -0.15) is 0 Å². The molecule has 0 aromatic carbocycles. The fourth-order valence-corrected chi connectivity index (χ4v) is 2.53. The second-order valence-electron chi connectivity index (χ2n) is 5.42. The molecule has 1 fully saturated rings. The van der Waals surface area contributed by atoms with E-state index in [1.165, 1.54) is 37.9 Å². The normalized spacial score (nSPS) is 17.6. The summed E-state index contributed by atoms with van der Waals surface area (Å²) in [6.45, 7) is 4.50. The average molecular weight is 263 g/mol. The quantitative estimate of drug-likeness (QED) is 0.796. The summed E-state index contributed by atoms with van der Waals surface area (Å²) in [5, 5.41) is 3.50. The van der Waals surface area contributed by atoms with E-state index in [4.69, 9.17) is 4.74 Å². The summed E-state index contributed by atoms with van der Waals surface area (Å²) in [6, 6.07) is 3.97. The zero-order valence-corrected chi connectivity index (χ0v) is 12.1. The molecule has 0 saturated carbocycles. The molecule has 1 aliphatic heterocycles.